The fraction of sp³-hybridized carbons (Fsp3) is 0.231. The van der Waals surface area contributed by atoms with Gasteiger partial charge < -0.3 is 11.1 Å². The molecule has 0 saturated heterocycles. The minimum Gasteiger partial charge on any atom is -0.383 e. The number of nitrogens with two attached hydrogens (primary N) is 1. The van der Waals surface area contributed by atoms with Gasteiger partial charge in [0.15, 0.2) is 0 Å². The van der Waals surface area contributed by atoms with Crippen molar-refractivity contribution in [1.29, 1.82) is 0 Å². The first kappa shape index (κ1) is 12.8. The van der Waals surface area contributed by atoms with Crippen LogP contribution in [0.1, 0.15) is 24.2 Å². The van der Waals surface area contributed by atoms with Gasteiger partial charge in [0.25, 0.3) is 0 Å². The lowest BCUT2D eigenvalue weighted by Gasteiger charge is -2.19. The zero-order chi connectivity index (χ0) is 13.0. The number of nitrogen functional groups attached to an aromatic ring is 1. The molecule has 2 heterocycles. The van der Waals surface area contributed by atoms with Crippen molar-refractivity contribution in [2.75, 3.05) is 12.3 Å². The van der Waals surface area contributed by atoms with Crippen LogP contribution < -0.4 is 11.1 Å². The first-order chi connectivity index (χ1) is 8.72. The average Bonchev–Trinajstić information content (AvgIpc) is 2.40. The molecule has 5 heteroatoms. The molecule has 0 bridgehead atoms. The fourth-order valence-electron chi connectivity index (χ4n) is 1.82. The van der Waals surface area contributed by atoms with Crippen molar-refractivity contribution < 1.29 is 0 Å². The maximum Gasteiger partial charge on any atom is 0.128 e. The van der Waals surface area contributed by atoms with Gasteiger partial charge in [-0.1, -0.05) is 24.6 Å². The second-order valence-corrected chi connectivity index (χ2v) is 4.31. The number of nitrogens with one attached hydrogen (secondary N) is 1. The molecule has 0 fully saturated rings. The maximum absolute atomic E-state index is 5.98. The molecule has 0 aliphatic rings. The molecule has 4 nitrogen and oxygen atoms in total. The third kappa shape index (κ3) is 2.78. The van der Waals surface area contributed by atoms with Crippen molar-refractivity contribution in [3.63, 3.8) is 0 Å². The summed E-state index contributed by atoms with van der Waals surface area (Å²) < 4.78 is 0. The molecule has 2 aromatic heterocycles. The molecule has 0 radical (unpaired) electrons. The molecule has 0 aliphatic heterocycles. The number of aromatic nitrogens is 2. The van der Waals surface area contributed by atoms with Crippen LogP contribution in [-0.2, 0) is 0 Å². The number of hydrogen-bond acceptors (Lipinski definition) is 4. The summed E-state index contributed by atoms with van der Waals surface area (Å²) in [5, 5.41) is 3.91. The van der Waals surface area contributed by atoms with E-state index in [9.17, 15) is 0 Å². The van der Waals surface area contributed by atoms with Gasteiger partial charge in [-0.3, -0.25) is 4.98 Å². The summed E-state index contributed by atoms with van der Waals surface area (Å²) in [7, 11) is 0. The molecule has 2 rings (SSSR count). The lowest BCUT2D eigenvalue weighted by Crippen LogP contribution is -2.24. The van der Waals surface area contributed by atoms with Crippen LogP contribution in [0.4, 0.5) is 5.82 Å². The number of halogens is 1. The highest BCUT2D eigenvalue weighted by Crippen LogP contribution is 2.26. The summed E-state index contributed by atoms with van der Waals surface area (Å²) in [5.74, 6) is 0.469. The Morgan fingerprint density at radius 1 is 1.39 bits per heavy atom. The van der Waals surface area contributed by atoms with Crippen LogP contribution in [0, 0.1) is 0 Å². The smallest absolute Gasteiger partial charge is 0.128 e. The molecule has 0 saturated carbocycles. The zero-order valence-electron chi connectivity index (χ0n) is 10.1. The second kappa shape index (κ2) is 5.80. The van der Waals surface area contributed by atoms with Crippen LogP contribution in [0.3, 0.4) is 0 Å². The molecule has 0 spiro atoms. The standard InChI is InChI=1S/C13H15ClN4/c1-2-16-12(11-5-3-4-6-17-11)10-7-9(14)8-18-13(10)15/h3-8,12,16H,2H2,1H3,(H2,15,18). The van der Waals surface area contributed by atoms with E-state index < -0.39 is 0 Å². The van der Waals surface area contributed by atoms with Crippen LogP contribution in [0.2, 0.25) is 5.02 Å². The fourth-order valence-corrected chi connectivity index (χ4v) is 1.99. The predicted octanol–water partition coefficient (Wildman–Crippen LogP) is 2.41. The maximum atomic E-state index is 5.98. The van der Waals surface area contributed by atoms with E-state index in [0.29, 0.717) is 10.8 Å². The van der Waals surface area contributed by atoms with Gasteiger partial charge in [-0.15, -0.1) is 0 Å². The Kier molecular flexibility index (Phi) is 4.12. The molecule has 3 N–H and O–H groups in total. The van der Waals surface area contributed by atoms with E-state index in [1.807, 2.05) is 31.2 Å². The second-order valence-electron chi connectivity index (χ2n) is 3.87. The summed E-state index contributed by atoms with van der Waals surface area (Å²) in [6.07, 6.45) is 3.30. The van der Waals surface area contributed by atoms with Crippen molar-refractivity contribution >= 4 is 17.4 Å². The van der Waals surface area contributed by atoms with E-state index in [-0.39, 0.29) is 6.04 Å². The number of hydrogen-bond donors (Lipinski definition) is 2. The highest BCUT2D eigenvalue weighted by atomic mass is 35.5. The van der Waals surface area contributed by atoms with Gasteiger partial charge in [0.1, 0.15) is 5.82 Å². The summed E-state index contributed by atoms with van der Waals surface area (Å²) in [4.78, 5) is 8.44. The molecule has 94 valence electrons. The Hall–Kier alpha value is -1.65. The average molecular weight is 263 g/mol. The monoisotopic (exact) mass is 262 g/mol. The number of pyridine rings is 2. The van der Waals surface area contributed by atoms with E-state index in [4.69, 9.17) is 17.3 Å². The quantitative estimate of drug-likeness (QED) is 0.888. The van der Waals surface area contributed by atoms with E-state index in [2.05, 4.69) is 15.3 Å². The van der Waals surface area contributed by atoms with Gasteiger partial charge in [0.05, 0.1) is 16.8 Å². The highest BCUT2D eigenvalue weighted by molar-refractivity contribution is 6.30. The summed E-state index contributed by atoms with van der Waals surface area (Å²) in [6, 6.07) is 7.51. The summed E-state index contributed by atoms with van der Waals surface area (Å²) >= 11 is 5.98. The Morgan fingerprint density at radius 2 is 2.22 bits per heavy atom. The Labute approximate surface area is 111 Å². The van der Waals surface area contributed by atoms with E-state index in [1.165, 1.54) is 0 Å². The minimum absolute atomic E-state index is 0.0950. The van der Waals surface area contributed by atoms with Crippen LogP contribution in [0.15, 0.2) is 36.7 Å². The number of anilines is 1. The van der Waals surface area contributed by atoms with Gasteiger partial charge in [0, 0.05) is 18.0 Å². The van der Waals surface area contributed by atoms with Gasteiger partial charge in [-0.05, 0) is 24.7 Å². The van der Waals surface area contributed by atoms with Gasteiger partial charge in [-0.2, -0.15) is 0 Å². The molecule has 0 aliphatic carbocycles. The Morgan fingerprint density at radius 3 is 2.89 bits per heavy atom. The summed E-state index contributed by atoms with van der Waals surface area (Å²) in [6.45, 7) is 2.83. The molecule has 0 aromatic carbocycles. The van der Waals surface area contributed by atoms with Crippen molar-refractivity contribution in [1.82, 2.24) is 15.3 Å². The first-order valence-corrected chi connectivity index (χ1v) is 6.15. The van der Waals surface area contributed by atoms with Crippen LogP contribution in [-0.4, -0.2) is 16.5 Å². The number of rotatable bonds is 4. The molecular formula is C13H15ClN4. The SMILES string of the molecule is CCNC(c1ccccn1)c1cc(Cl)cnc1N. The van der Waals surface area contributed by atoms with Crippen molar-refractivity contribution in [3.05, 3.63) is 52.9 Å². The Bertz CT molecular complexity index is 516. The molecule has 2 aromatic rings. The predicted molar refractivity (Wildman–Crippen MR) is 73.4 cm³/mol. The minimum atomic E-state index is -0.0950. The van der Waals surface area contributed by atoms with Crippen molar-refractivity contribution in [3.8, 4) is 0 Å². The molecular weight excluding hydrogens is 248 g/mol. The van der Waals surface area contributed by atoms with Gasteiger partial charge in [-0.25, -0.2) is 4.98 Å². The largest absolute Gasteiger partial charge is 0.383 e. The van der Waals surface area contributed by atoms with E-state index in [1.54, 1.807) is 12.4 Å². The van der Waals surface area contributed by atoms with Crippen LogP contribution in [0.25, 0.3) is 0 Å². The van der Waals surface area contributed by atoms with Crippen molar-refractivity contribution in [2.45, 2.75) is 13.0 Å². The first-order valence-electron chi connectivity index (χ1n) is 5.77. The zero-order valence-corrected chi connectivity index (χ0v) is 10.9. The van der Waals surface area contributed by atoms with E-state index >= 15 is 0 Å². The topological polar surface area (TPSA) is 63.8 Å². The van der Waals surface area contributed by atoms with Gasteiger partial charge in [0.2, 0.25) is 0 Å². The molecule has 18 heavy (non-hydrogen) atoms. The van der Waals surface area contributed by atoms with Crippen LogP contribution >= 0.6 is 11.6 Å². The van der Waals surface area contributed by atoms with Crippen molar-refractivity contribution in [2.24, 2.45) is 0 Å². The third-order valence-electron chi connectivity index (χ3n) is 2.62. The van der Waals surface area contributed by atoms with Crippen LogP contribution in [0.5, 0.6) is 0 Å². The van der Waals surface area contributed by atoms with E-state index in [0.717, 1.165) is 17.8 Å². The lowest BCUT2D eigenvalue weighted by atomic mass is 10.0. The summed E-state index contributed by atoms with van der Waals surface area (Å²) in [5.41, 5.74) is 7.67. The molecule has 0 amide bonds. The molecule has 1 atom stereocenters. The normalized spacial score (nSPS) is 12.3. The highest BCUT2D eigenvalue weighted by Gasteiger charge is 2.17. The number of nitrogens with zero attached hydrogens (tertiary/aromatic N) is 2. The Balaban J connectivity index is 2.44. The van der Waals surface area contributed by atoms with Gasteiger partial charge >= 0.3 is 0 Å². The lowest BCUT2D eigenvalue weighted by molar-refractivity contribution is 0.615. The third-order valence-corrected chi connectivity index (χ3v) is 2.83. The molecule has 1 unspecified atom stereocenters.